The molecule has 0 aliphatic carbocycles. The minimum absolute atomic E-state index is 0.0357. The molecule has 0 saturated heterocycles. The van der Waals surface area contributed by atoms with E-state index in [0.717, 1.165) is 18.1 Å². The standard InChI is InChI=1S/C16H18N2O3/c1-3-10(2)11-6-4-5-7-13(11)18-16(21)12-9-17-15(20)8-14(12)19/h4-10H,3H2,1-2H3,(H,18,21)(H2,17,19,20). The highest BCUT2D eigenvalue weighted by Gasteiger charge is 2.15. The van der Waals surface area contributed by atoms with Gasteiger partial charge in [-0.25, -0.2) is 0 Å². The van der Waals surface area contributed by atoms with E-state index in [-0.39, 0.29) is 11.3 Å². The van der Waals surface area contributed by atoms with E-state index in [2.05, 4.69) is 24.1 Å². The molecular formula is C16H18N2O3. The third-order valence-corrected chi connectivity index (χ3v) is 3.50. The molecule has 0 spiro atoms. The maximum Gasteiger partial charge on any atom is 0.260 e. The molecular weight excluding hydrogens is 268 g/mol. The summed E-state index contributed by atoms with van der Waals surface area (Å²) < 4.78 is 0. The molecule has 5 nitrogen and oxygen atoms in total. The van der Waals surface area contributed by atoms with Crippen LogP contribution < -0.4 is 10.9 Å². The number of aromatic hydroxyl groups is 1. The van der Waals surface area contributed by atoms with Crippen LogP contribution in [0.5, 0.6) is 5.75 Å². The predicted octanol–water partition coefficient (Wildman–Crippen LogP) is 2.85. The van der Waals surface area contributed by atoms with Gasteiger partial charge in [-0.2, -0.15) is 0 Å². The molecule has 21 heavy (non-hydrogen) atoms. The van der Waals surface area contributed by atoms with Gasteiger partial charge in [-0.15, -0.1) is 0 Å². The minimum Gasteiger partial charge on any atom is -0.507 e. The summed E-state index contributed by atoms with van der Waals surface area (Å²) in [7, 11) is 0. The van der Waals surface area contributed by atoms with Crippen molar-refractivity contribution in [2.45, 2.75) is 26.2 Å². The van der Waals surface area contributed by atoms with Crippen LogP contribution in [-0.2, 0) is 0 Å². The van der Waals surface area contributed by atoms with E-state index in [1.807, 2.05) is 24.3 Å². The number of hydrogen-bond donors (Lipinski definition) is 3. The van der Waals surface area contributed by atoms with Crippen LogP contribution in [0.1, 0.15) is 42.1 Å². The minimum atomic E-state index is -0.459. The summed E-state index contributed by atoms with van der Waals surface area (Å²) >= 11 is 0. The number of H-pyrrole nitrogens is 1. The fraction of sp³-hybridized carbons (Fsp3) is 0.250. The fourth-order valence-corrected chi connectivity index (χ4v) is 2.09. The molecule has 5 heteroatoms. The monoisotopic (exact) mass is 286 g/mol. The summed E-state index contributed by atoms with van der Waals surface area (Å²) in [5.74, 6) is -0.484. The van der Waals surface area contributed by atoms with Crippen LogP contribution in [0.25, 0.3) is 0 Å². The number of nitrogens with one attached hydrogen (secondary N) is 2. The van der Waals surface area contributed by atoms with E-state index in [9.17, 15) is 14.7 Å². The SMILES string of the molecule is CCC(C)c1ccccc1NC(=O)c1c[nH]c(=O)cc1O. The Morgan fingerprint density at radius 1 is 1.38 bits per heavy atom. The molecule has 1 atom stereocenters. The average Bonchev–Trinajstić information content (AvgIpc) is 2.46. The van der Waals surface area contributed by atoms with Gasteiger partial charge in [0.1, 0.15) is 5.75 Å². The van der Waals surface area contributed by atoms with Crippen LogP contribution in [0.4, 0.5) is 5.69 Å². The van der Waals surface area contributed by atoms with Crippen LogP contribution in [0.3, 0.4) is 0 Å². The molecule has 2 aromatic rings. The van der Waals surface area contributed by atoms with Gasteiger partial charge in [-0.3, -0.25) is 9.59 Å². The van der Waals surface area contributed by atoms with Gasteiger partial charge in [-0.05, 0) is 24.0 Å². The Balaban J connectivity index is 2.30. The number of para-hydroxylation sites is 1. The van der Waals surface area contributed by atoms with Crippen molar-refractivity contribution in [1.82, 2.24) is 4.98 Å². The first-order chi connectivity index (χ1) is 10.0. The number of amides is 1. The highest BCUT2D eigenvalue weighted by molar-refractivity contribution is 6.06. The molecule has 3 N–H and O–H groups in total. The summed E-state index contributed by atoms with van der Waals surface area (Å²) in [5, 5.41) is 12.5. The quantitative estimate of drug-likeness (QED) is 0.808. The Kier molecular flexibility index (Phi) is 4.42. The number of carbonyl (C=O) groups is 1. The number of carbonyl (C=O) groups excluding carboxylic acids is 1. The van der Waals surface area contributed by atoms with Crippen molar-refractivity contribution in [3.05, 3.63) is 58.0 Å². The lowest BCUT2D eigenvalue weighted by Crippen LogP contribution is -2.16. The zero-order valence-electron chi connectivity index (χ0n) is 12.0. The normalized spacial score (nSPS) is 11.9. The zero-order chi connectivity index (χ0) is 15.4. The molecule has 0 bridgehead atoms. The molecule has 0 saturated carbocycles. The molecule has 0 radical (unpaired) electrons. The van der Waals surface area contributed by atoms with Gasteiger partial charge in [0.2, 0.25) is 0 Å². The van der Waals surface area contributed by atoms with Crippen LogP contribution in [-0.4, -0.2) is 16.0 Å². The van der Waals surface area contributed by atoms with Crippen molar-refractivity contribution in [1.29, 1.82) is 0 Å². The zero-order valence-corrected chi connectivity index (χ0v) is 12.0. The summed E-state index contributed by atoms with van der Waals surface area (Å²) in [6, 6.07) is 8.54. The first-order valence-electron chi connectivity index (χ1n) is 6.85. The lowest BCUT2D eigenvalue weighted by Gasteiger charge is -2.15. The molecule has 1 unspecified atom stereocenters. The van der Waals surface area contributed by atoms with Crippen LogP contribution in [0, 0.1) is 0 Å². The van der Waals surface area contributed by atoms with Crippen molar-refractivity contribution in [3.63, 3.8) is 0 Å². The van der Waals surface area contributed by atoms with E-state index < -0.39 is 11.5 Å². The number of aromatic nitrogens is 1. The first-order valence-corrected chi connectivity index (χ1v) is 6.85. The van der Waals surface area contributed by atoms with Crippen molar-refractivity contribution in [2.24, 2.45) is 0 Å². The second kappa shape index (κ2) is 6.26. The fourth-order valence-electron chi connectivity index (χ4n) is 2.09. The molecule has 0 fully saturated rings. The van der Waals surface area contributed by atoms with Crippen molar-refractivity contribution >= 4 is 11.6 Å². The van der Waals surface area contributed by atoms with Crippen LogP contribution >= 0.6 is 0 Å². The third-order valence-electron chi connectivity index (χ3n) is 3.50. The Morgan fingerprint density at radius 3 is 2.76 bits per heavy atom. The van der Waals surface area contributed by atoms with Crippen LogP contribution in [0.15, 0.2) is 41.3 Å². The lowest BCUT2D eigenvalue weighted by atomic mass is 9.97. The van der Waals surface area contributed by atoms with Gasteiger partial charge in [0.15, 0.2) is 0 Å². The summed E-state index contributed by atoms with van der Waals surface area (Å²) in [4.78, 5) is 25.7. The summed E-state index contributed by atoms with van der Waals surface area (Å²) in [5.41, 5.74) is 1.33. The smallest absolute Gasteiger partial charge is 0.260 e. The number of anilines is 1. The molecule has 0 aliphatic rings. The van der Waals surface area contributed by atoms with Gasteiger partial charge in [-0.1, -0.05) is 32.0 Å². The number of aromatic amines is 1. The summed E-state index contributed by atoms with van der Waals surface area (Å²) in [6.07, 6.45) is 2.16. The molecule has 0 aliphatic heterocycles. The van der Waals surface area contributed by atoms with E-state index >= 15 is 0 Å². The Labute approximate surface area is 122 Å². The highest BCUT2D eigenvalue weighted by atomic mass is 16.3. The largest absolute Gasteiger partial charge is 0.507 e. The predicted molar refractivity (Wildman–Crippen MR) is 81.8 cm³/mol. The van der Waals surface area contributed by atoms with Gasteiger partial charge in [0.25, 0.3) is 11.5 Å². The van der Waals surface area contributed by atoms with E-state index in [4.69, 9.17) is 0 Å². The molecule has 110 valence electrons. The molecule has 1 amide bonds. The van der Waals surface area contributed by atoms with Crippen molar-refractivity contribution in [2.75, 3.05) is 5.32 Å². The molecule has 2 rings (SSSR count). The van der Waals surface area contributed by atoms with Gasteiger partial charge in [0.05, 0.1) is 5.56 Å². The number of rotatable bonds is 4. The number of benzene rings is 1. The Hall–Kier alpha value is -2.56. The molecule has 1 heterocycles. The maximum atomic E-state index is 12.2. The second-order valence-electron chi connectivity index (χ2n) is 4.95. The maximum absolute atomic E-state index is 12.2. The molecule has 1 aromatic heterocycles. The molecule has 1 aromatic carbocycles. The van der Waals surface area contributed by atoms with E-state index in [1.165, 1.54) is 6.20 Å². The summed E-state index contributed by atoms with van der Waals surface area (Å²) in [6.45, 7) is 4.17. The van der Waals surface area contributed by atoms with E-state index in [0.29, 0.717) is 11.6 Å². The van der Waals surface area contributed by atoms with Crippen molar-refractivity contribution in [3.8, 4) is 5.75 Å². The second-order valence-corrected chi connectivity index (χ2v) is 4.95. The van der Waals surface area contributed by atoms with Gasteiger partial charge >= 0.3 is 0 Å². The Bertz CT molecular complexity index is 707. The van der Waals surface area contributed by atoms with Gasteiger partial charge < -0.3 is 15.4 Å². The number of pyridine rings is 1. The first kappa shape index (κ1) is 14.8. The topological polar surface area (TPSA) is 82.2 Å². The Morgan fingerprint density at radius 2 is 2.10 bits per heavy atom. The van der Waals surface area contributed by atoms with E-state index in [1.54, 1.807) is 0 Å². The highest BCUT2D eigenvalue weighted by Crippen LogP contribution is 2.27. The third kappa shape index (κ3) is 3.31. The van der Waals surface area contributed by atoms with Gasteiger partial charge in [0, 0.05) is 18.0 Å². The van der Waals surface area contributed by atoms with Crippen LogP contribution in [0.2, 0.25) is 0 Å². The van der Waals surface area contributed by atoms with Crippen molar-refractivity contribution < 1.29 is 9.90 Å². The number of hydrogen-bond acceptors (Lipinski definition) is 3. The lowest BCUT2D eigenvalue weighted by molar-refractivity contribution is 0.102. The average molecular weight is 286 g/mol.